The Hall–Kier alpha value is -1.47. The Morgan fingerprint density at radius 2 is 1.95 bits per heavy atom. The van der Waals surface area contributed by atoms with E-state index in [9.17, 15) is 13.2 Å². The summed E-state index contributed by atoms with van der Waals surface area (Å²) < 4.78 is 32.5. The first-order valence-electron chi connectivity index (χ1n) is 6.59. The molecule has 1 rings (SSSR count). The van der Waals surface area contributed by atoms with Gasteiger partial charge in [0.1, 0.15) is 11.4 Å². The zero-order valence-electron chi connectivity index (χ0n) is 13.0. The third kappa shape index (κ3) is 7.00. The number of halogens is 1. The molecule has 0 saturated heterocycles. The van der Waals surface area contributed by atoms with Gasteiger partial charge in [-0.3, -0.25) is 5.32 Å². The van der Waals surface area contributed by atoms with Crippen LogP contribution in [0.15, 0.2) is 18.2 Å². The fourth-order valence-electron chi connectivity index (χ4n) is 1.67. The van der Waals surface area contributed by atoms with Crippen LogP contribution in [0.5, 0.6) is 5.75 Å². The van der Waals surface area contributed by atoms with E-state index in [2.05, 4.69) is 5.32 Å². The summed E-state index contributed by atoms with van der Waals surface area (Å²) in [6, 6.07) is 4.93. The van der Waals surface area contributed by atoms with Gasteiger partial charge in [-0.25, -0.2) is 13.2 Å². The quantitative estimate of drug-likeness (QED) is 0.826. The van der Waals surface area contributed by atoms with E-state index in [1.54, 1.807) is 39.0 Å². The number of methoxy groups -OCH3 is 1. The second-order valence-electron chi connectivity index (χ2n) is 5.64. The normalized spacial score (nSPS) is 11.9. The Morgan fingerprint density at radius 3 is 2.45 bits per heavy atom. The fourth-order valence-corrected chi connectivity index (χ4v) is 2.37. The molecule has 0 fully saturated rings. The topological polar surface area (TPSA) is 81.7 Å². The molecule has 1 N–H and O–H groups in total. The fraction of sp³-hybridized carbons (Fsp3) is 0.500. The number of nitrogens with one attached hydrogen (secondary N) is 1. The van der Waals surface area contributed by atoms with E-state index in [1.807, 2.05) is 0 Å². The molecule has 0 unspecified atom stereocenters. The molecule has 0 aliphatic carbocycles. The predicted octanol–water partition coefficient (Wildman–Crippen LogP) is 3.15. The molecule has 0 radical (unpaired) electrons. The minimum Gasteiger partial charge on any atom is -0.497 e. The average Bonchev–Trinajstić information content (AvgIpc) is 2.34. The number of ether oxygens (including phenoxy) is 2. The van der Waals surface area contributed by atoms with Gasteiger partial charge in [-0.15, -0.1) is 0 Å². The van der Waals surface area contributed by atoms with Crippen LogP contribution in [0.1, 0.15) is 26.3 Å². The largest absolute Gasteiger partial charge is 0.497 e. The zero-order chi connectivity index (χ0) is 17.0. The van der Waals surface area contributed by atoms with Crippen LogP contribution in [0.4, 0.5) is 10.5 Å². The van der Waals surface area contributed by atoms with Gasteiger partial charge in [0.25, 0.3) is 0 Å². The lowest BCUT2D eigenvalue weighted by Gasteiger charge is -2.20. The van der Waals surface area contributed by atoms with Gasteiger partial charge < -0.3 is 9.47 Å². The van der Waals surface area contributed by atoms with E-state index in [1.165, 1.54) is 7.11 Å². The number of amides is 1. The Kier molecular flexibility index (Phi) is 6.08. The van der Waals surface area contributed by atoms with Crippen molar-refractivity contribution < 1.29 is 22.7 Å². The number of carbonyl (C=O) groups is 1. The summed E-state index contributed by atoms with van der Waals surface area (Å²) in [6.07, 6.45) is -0.471. The molecule has 0 aliphatic rings. The monoisotopic (exact) mass is 349 g/mol. The first-order chi connectivity index (χ1) is 10.00. The van der Waals surface area contributed by atoms with E-state index >= 15 is 0 Å². The van der Waals surface area contributed by atoms with Crippen molar-refractivity contribution in [2.24, 2.45) is 0 Å². The number of aryl methyl sites for hydroxylation is 1. The summed E-state index contributed by atoms with van der Waals surface area (Å²) in [4.78, 5) is 11.8. The van der Waals surface area contributed by atoms with Crippen molar-refractivity contribution in [1.29, 1.82) is 0 Å². The van der Waals surface area contributed by atoms with E-state index in [4.69, 9.17) is 20.2 Å². The van der Waals surface area contributed by atoms with Crippen LogP contribution in [-0.2, 0) is 20.2 Å². The lowest BCUT2D eigenvalue weighted by atomic mass is 10.1. The molecule has 22 heavy (non-hydrogen) atoms. The Bertz CT molecular complexity index is 637. The first-order valence-corrected chi connectivity index (χ1v) is 9.07. The van der Waals surface area contributed by atoms with Crippen LogP contribution in [0, 0.1) is 0 Å². The highest BCUT2D eigenvalue weighted by Crippen LogP contribution is 2.24. The summed E-state index contributed by atoms with van der Waals surface area (Å²) >= 11 is 0. The molecule has 1 aromatic carbocycles. The zero-order valence-corrected chi connectivity index (χ0v) is 14.5. The van der Waals surface area contributed by atoms with Crippen molar-refractivity contribution in [2.45, 2.75) is 32.8 Å². The number of rotatable bonds is 5. The van der Waals surface area contributed by atoms with Crippen LogP contribution < -0.4 is 10.1 Å². The third-order valence-electron chi connectivity index (χ3n) is 2.56. The number of hydrogen-bond acceptors (Lipinski definition) is 5. The number of benzene rings is 1. The van der Waals surface area contributed by atoms with E-state index < -0.39 is 20.7 Å². The van der Waals surface area contributed by atoms with Gasteiger partial charge in [-0.05, 0) is 51.0 Å². The van der Waals surface area contributed by atoms with Crippen LogP contribution >= 0.6 is 10.7 Å². The molecular formula is C14H20ClNO5S. The highest BCUT2D eigenvalue weighted by atomic mass is 35.7. The van der Waals surface area contributed by atoms with Crippen LogP contribution in [0.3, 0.4) is 0 Å². The maximum atomic E-state index is 11.8. The second-order valence-corrected chi connectivity index (χ2v) is 8.54. The Morgan fingerprint density at radius 1 is 1.32 bits per heavy atom. The van der Waals surface area contributed by atoms with Crippen LogP contribution in [0.25, 0.3) is 0 Å². The smallest absolute Gasteiger partial charge is 0.412 e. The molecule has 1 amide bonds. The van der Waals surface area contributed by atoms with Crippen molar-refractivity contribution in [2.75, 3.05) is 18.2 Å². The molecule has 6 nitrogen and oxygen atoms in total. The minimum atomic E-state index is -3.63. The molecular weight excluding hydrogens is 330 g/mol. The Balaban J connectivity index is 2.95. The summed E-state index contributed by atoms with van der Waals surface area (Å²) in [5.41, 5.74) is 0.417. The molecule has 1 aromatic rings. The van der Waals surface area contributed by atoms with Gasteiger partial charge >= 0.3 is 6.09 Å². The maximum absolute atomic E-state index is 11.8. The van der Waals surface area contributed by atoms with Gasteiger partial charge in [0, 0.05) is 16.4 Å². The lowest BCUT2D eigenvalue weighted by Crippen LogP contribution is -2.27. The predicted molar refractivity (Wildman–Crippen MR) is 86.2 cm³/mol. The first kappa shape index (κ1) is 18.6. The number of carbonyl (C=O) groups excluding carboxylic acids is 1. The molecule has 0 atom stereocenters. The van der Waals surface area contributed by atoms with Crippen molar-refractivity contribution in [3.05, 3.63) is 23.8 Å². The lowest BCUT2D eigenvalue weighted by molar-refractivity contribution is 0.0635. The van der Waals surface area contributed by atoms with Gasteiger partial charge in [-0.1, -0.05) is 0 Å². The van der Waals surface area contributed by atoms with Crippen LogP contribution in [0.2, 0.25) is 0 Å². The van der Waals surface area contributed by atoms with E-state index in [0.717, 1.165) is 0 Å². The molecule has 0 bridgehead atoms. The van der Waals surface area contributed by atoms with E-state index in [-0.39, 0.29) is 12.2 Å². The maximum Gasteiger partial charge on any atom is 0.412 e. The molecule has 0 saturated carbocycles. The molecule has 124 valence electrons. The summed E-state index contributed by atoms with van der Waals surface area (Å²) in [6.45, 7) is 5.25. The third-order valence-corrected chi connectivity index (χ3v) is 3.72. The van der Waals surface area contributed by atoms with Crippen molar-refractivity contribution in [1.82, 2.24) is 0 Å². The minimum absolute atomic E-state index is 0.147. The highest BCUT2D eigenvalue weighted by molar-refractivity contribution is 8.13. The average molecular weight is 350 g/mol. The highest BCUT2D eigenvalue weighted by Gasteiger charge is 2.18. The second kappa shape index (κ2) is 7.19. The Labute approximate surface area is 135 Å². The number of anilines is 1. The summed E-state index contributed by atoms with van der Waals surface area (Å²) in [5, 5.41) is 2.60. The summed E-state index contributed by atoms with van der Waals surface area (Å²) in [5.74, 6) is 0.307. The van der Waals surface area contributed by atoms with Crippen molar-refractivity contribution >= 4 is 31.5 Å². The van der Waals surface area contributed by atoms with E-state index in [0.29, 0.717) is 17.0 Å². The van der Waals surface area contributed by atoms with Gasteiger partial charge in [0.05, 0.1) is 12.9 Å². The molecule has 0 aromatic heterocycles. The van der Waals surface area contributed by atoms with Crippen molar-refractivity contribution in [3.63, 3.8) is 0 Å². The molecule has 8 heteroatoms. The SMILES string of the molecule is COc1ccc(NC(=O)OC(C)(C)C)c(CCS(=O)(=O)Cl)c1. The molecule has 0 aliphatic heterocycles. The standard InChI is InChI=1S/C14H20ClNO5S/c1-14(2,3)21-13(17)16-12-6-5-11(20-4)9-10(12)7-8-22(15,18)19/h5-6,9H,7-8H2,1-4H3,(H,16,17). The van der Waals surface area contributed by atoms with Crippen molar-refractivity contribution in [3.8, 4) is 5.75 Å². The molecule has 0 spiro atoms. The van der Waals surface area contributed by atoms with Gasteiger partial charge in [0.2, 0.25) is 9.05 Å². The summed E-state index contributed by atoms with van der Waals surface area (Å²) in [7, 11) is 3.10. The molecule has 0 heterocycles. The van der Waals surface area contributed by atoms with Crippen LogP contribution in [-0.4, -0.2) is 33.0 Å². The van der Waals surface area contributed by atoms with Gasteiger partial charge in [0.15, 0.2) is 0 Å². The number of hydrogen-bond donors (Lipinski definition) is 1. The van der Waals surface area contributed by atoms with Gasteiger partial charge in [-0.2, -0.15) is 0 Å².